The Hall–Kier alpha value is -2.01. The molecule has 2 unspecified atom stereocenters. The predicted molar refractivity (Wildman–Crippen MR) is 73.1 cm³/mol. The van der Waals surface area contributed by atoms with E-state index in [2.05, 4.69) is 0 Å². The van der Waals surface area contributed by atoms with Gasteiger partial charge in [-0.05, 0) is 23.8 Å². The van der Waals surface area contributed by atoms with Crippen molar-refractivity contribution in [2.75, 3.05) is 6.61 Å². The Balaban J connectivity index is 1.85. The molecule has 1 aliphatic heterocycles. The van der Waals surface area contributed by atoms with Crippen LogP contribution in [-0.4, -0.2) is 6.61 Å². The van der Waals surface area contributed by atoms with Gasteiger partial charge >= 0.3 is 6.18 Å². The molecule has 1 aliphatic rings. The number of benzene rings is 2. The largest absolute Gasteiger partial charge is 0.493 e. The molecule has 21 heavy (non-hydrogen) atoms. The van der Waals surface area contributed by atoms with Gasteiger partial charge in [0.2, 0.25) is 0 Å². The zero-order chi connectivity index (χ0) is 15.0. The maximum atomic E-state index is 12.6. The van der Waals surface area contributed by atoms with E-state index in [-0.39, 0.29) is 5.92 Å². The van der Waals surface area contributed by atoms with Crippen molar-refractivity contribution in [1.29, 1.82) is 0 Å². The van der Waals surface area contributed by atoms with Crippen LogP contribution in [0.25, 0.3) is 0 Å². The van der Waals surface area contributed by atoms with Crippen molar-refractivity contribution in [3.63, 3.8) is 0 Å². The van der Waals surface area contributed by atoms with Gasteiger partial charge in [-0.2, -0.15) is 13.2 Å². The number of para-hydroxylation sites is 1. The Labute approximate surface area is 120 Å². The summed E-state index contributed by atoms with van der Waals surface area (Å²) in [5.41, 5.74) is 7.23. The molecule has 2 aromatic rings. The summed E-state index contributed by atoms with van der Waals surface area (Å²) in [7, 11) is 0. The van der Waals surface area contributed by atoms with Crippen molar-refractivity contribution in [3.05, 3.63) is 65.2 Å². The molecular formula is C16H14F3NO. The molecule has 0 amide bonds. The normalized spacial score (nSPS) is 19.0. The SMILES string of the molecule is NC(c1ccc(C(F)(F)F)cc1)C1COc2ccccc21. The Morgan fingerprint density at radius 3 is 2.38 bits per heavy atom. The fourth-order valence-electron chi connectivity index (χ4n) is 2.61. The van der Waals surface area contributed by atoms with Gasteiger partial charge in [-0.3, -0.25) is 0 Å². The van der Waals surface area contributed by atoms with Crippen LogP contribution in [0.4, 0.5) is 13.2 Å². The third kappa shape index (κ3) is 2.61. The Bertz CT molecular complexity index is 637. The van der Waals surface area contributed by atoms with Gasteiger partial charge in [0.05, 0.1) is 12.2 Å². The minimum Gasteiger partial charge on any atom is -0.493 e. The van der Waals surface area contributed by atoms with E-state index in [1.165, 1.54) is 12.1 Å². The second kappa shape index (κ2) is 5.07. The minimum atomic E-state index is -4.33. The van der Waals surface area contributed by atoms with Gasteiger partial charge in [-0.15, -0.1) is 0 Å². The molecule has 0 aliphatic carbocycles. The molecule has 2 nitrogen and oxygen atoms in total. The second-order valence-electron chi connectivity index (χ2n) is 5.10. The number of nitrogens with two attached hydrogens (primary N) is 1. The molecule has 2 aromatic carbocycles. The molecule has 110 valence electrons. The van der Waals surface area contributed by atoms with E-state index in [0.717, 1.165) is 23.4 Å². The van der Waals surface area contributed by atoms with E-state index in [9.17, 15) is 13.2 Å². The minimum absolute atomic E-state index is 0.0436. The molecule has 0 aromatic heterocycles. The third-order valence-corrected chi connectivity index (χ3v) is 3.79. The zero-order valence-electron chi connectivity index (χ0n) is 11.1. The van der Waals surface area contributed by atoms with Gasteiger partial charge < -0.3 is 10.5 Å². The van der Waals surface area contributed by atoms with Crippen molar-refractivity contribution in [1.82, 2.24) is 0 Å². The number of halogens is 3. The molecule has 2 atom stereocenters. The highest BCUT2D eigenvalue weighted by atomic mass is 19.4. The first-order valence-corrected chi connectivity index (χ1v) is 6.61. The number of ether oxygens (including phenoxy) is 1. The topological polar surface area (TPSA) is 35.2 Å². The van der Waals surface area contributed by atoms with Crippen molar-refractivity contribution in [3.8, 4) is 5.75 Å². The second-order valence-corrected chi connectivity index (χ2v) is 5.10. The average molecular weight is 293 g/mol. The first-order chi connectivity index (χ1) is 9.97. The van der Waals surface area contributed by atoms with Crippen LogP contribution < -0.4 is 10.5 Å². The lowest BCUT2D eigenvalue weighted by atomic mass is 9.89. The summed E-state index contributed by atoms with van der Waals surface area (Å²) in [6.07, 6.45) is -4.33. The summed E-state index contributed by atoms with van der Waals surface area (Å²) < 4.78 is 43.3. The highest BCUT2D eigenvalue weighted by Gasteiger charge is 2.32. The summed E-state index contributed by atoms with van der Waals surface area (Å²) in [6.45, 7) is 0.446. The van der Waals surface area contributed by atoms with Crippen LogP contribution in [-0.2, 0) is 6.18 Å². The molecule has 3 rings (SSSR count). The van der Waals surface area contributed by atoms with Crippen LogP contribution >= 0.6 is 0 Å². The number of alkyl halides is 3. The van der Waals surface area contributed by atoms with Gasteiger partial charge in [-0.25, -0.2) is 0 Å². The monoisotopic (exact) mass is 293 g/mol. The predicted octanol–water partition coefficient (Wildman–Crippen LogP) is 3.88. The van der Waals surface area contributed by atoms with Crippen LogP contribution in [0.15, 0.2) is 48.5 Å². The number of rotatable bonds is 2. The molecule has 0 fully saturated rings. The van der Waals surface area contributed by atoms with Gasteiger partial charge in [-0.1, -0.05) is 30.3 Å². The van der Waals surface area contributed by atoms with E-state index in [0.29, 0.717) is 12.2 Å². The van der Waals surface area contributed by atoms with Gasteiger partial charge in [0.15, 0.2) is 0 Å². The Morgan fingerprint density at radius 1 is 1.05 bits per heavy atom. The fourth-order valence-corrected chi connectivity index (χ4v) is 2.61. The molecule has 0 bridgehead atoms. The van der Waals surface area contributed by atoms with E-state index in [4.69, 9.17) is 10.5 Å². The van der Waals surface area contributed by atoms with Crippen molar-refractivity contribution in [2.45, 2.75) is 18.1 Å². The molecule has 0 saturated carbocycles. The summed E-state index contributed by atoms with van der Waals surface area (Å²) >= 11 is 0. The summed E-state index contributed by atoms with van der Waals surface area (Å²) in [5, 5.41) is 0. The van der Waals surface area contributed by atoms with Crippen LogP contribution in [0.3, 0.4) is 0 Å². The molecular weight excluding hydrogens is 279 g/mol. The molecule has 0 saturated heterocycles. The van der Waals surface area contributed by atoms with E-state index >= 15 is 0 Å². The summed E-state index contributed by atoms with van der Waals surface area (Å²) in [5.74, 6) is 0.753. The maximum Gasteiger partial charge on any atom is 0.416 e. The first-order valence-electron chi connectivity index (χ1n) is 6.61. The number of fused-ring (bicyclic) bond motifs is 1. The van der Waals surface area contributed by atoms with E-state index in [1.807, 2.05) is 24.3 Å². The van der Waals surface area contributed by atoms with Crippen LogP contribution in [0.5, 0.6) is 5.75 Å². The summed E-state index contributed by atoms with van der Waals surface area (Å²) in [4.78, 5) is 0. The van der Waals surface area contributed by atoms with Crippen molar-refractivity contribution < 1.29 is 17.9 Å². The lowest BCUT2D eigenvalue weighted by Gasteiger charge is -2.19. The Kier molecular flexibility index (Phi) is 3.37. The zero-order valence-corrected chi connectivity index (χ0v) is 11.1. The van der Waals surface area contributed by atoms with Crippen LogP contribution in [0.2, 0.25) is 0 Å². The fraction of sp³-hybridized carbons (Fsp3) is 0.250. The quantitative estimate of drug-likeness (QED) is 0.912. The van der Waals surface area contributed by atoms with Crippen molar-refractivity contribution >= 4 is 0 Å². The van der Waals surface area contributed by atoms with E-state index < -0.39 is 17.8 Å². The molecule has 1 heterocycles. The Morgan fingerprint density at radius 2 is 1.71 bits per heavy atom. The van der Waals surface area contributed by atoms with Gasteiger partial charge in [0.1, 0.15) is 5.75 Å². The highest BCUT2D eigenvalue weighted by molar-refractivity contribution is 5.42. The van der Waals surface area contributed by atoms with Crippen LogP contribution in [0.1, 0.15) is 28.7 Å². The van der Waals surface area contributed by atoms with Crippen molar-refractivity contribution in [2.24, 2.45) is 5.73 Å². The smallest absolute Gasteiger partial charge is 0.416 e. The maximum absolute atomic E-state index is 12.6. The first kappa shape index (κ1) is 13.9. The highest BCUT2D eigenvalue weighted by Crippen LogP contribution is 2.40. The average Bonchev–Trinajstić information content (AvgIpc) is 2.90. The van der Waals surface area contributed by atoms with Gasteiger partial charge in [0.25, 0.3) is 0 Å². The lowest BCUT2D eigenvalue weighted by Crippen LogP contribution is -2.21. The summed E-state index contributed by atoms with van der Waals surface area (Å²) in [6, 6.07) is 12.2. The molecule has 5 heteroatoms. The van der Waals surface area contributed by atoms with E-state index in [1.54, 1.807) is 0 Å². The molecule has 0 radical (unpaired) electrons. The number of hydrogen-bond acceptors (Lipinski definition) is 2. The standard InChI is InChI=1S/C16H14F3NO/c17-16(18,19)11-7-5-10(6-8-11)15(20)13-9-21-14-4-2-1-3-12(13)14/h1-8,13,15H,9,20H2. The third-order valence-electron chi connectivity index (χ3n) is 3.79. The van der Waals surface area contributed by atoms with Gasteiger partial charge in [0, 0.05) is 17.5 Å². The lowest BCUT2D eigenvalue weighted by molar-refractivity contribution is -0.137. The molecule has 0 spiro atoms. The molecule has 2 N–H and O–H groups in total. The van der Waals surface area contributed by atoms with Crippen LogP contribution in [0, 0.1) is 0 Å². The number of hydrogen-bond donors (Lipinski definition) is 1.